The van der Waals surface area contributed by atoms with Crippen molar-refractivity contribution < 1.29 is 19.1 Å². The van der Waals surface area contributed by atoms with Crippen LogP contribution in [0.3, 0.4) is 0 Å². The van der Waals surface area contributed by atoms with Crippen LogP contribution in [0.4, 0.5) is 11.4 Å². The molecule has 1 saturated heterocycles. The van der Waals surface area contributed by atoms with Crippen LogP contribution in [0.5, 0.6) is 5.75 Å². The first-order valence-electron chi connectivity index (χ1n) is 6.87. The summed E-state index contributed by atoms with van der Waals surface area (Å²) in [6.45, 7) is 3.31. The Hall–Kier alpha value is -1.83. The molecule has 2 atom stereocenters. The summed E-state index contributed by atoms with van der Waals surface area (Å²) >= 11 is 0. The zero-order valence-corrected chi connectivity index (χ0v) is 12.9. The van der Waals surface area contributed by atoms with Gasteiger partial charge in [-0.3, -0.25) is 9.59 Å². The molecular formula is C14H18ClN3O4. The van der Waals surface area contributed by atoms with E-state index in [0.717, 1.165) is 0 Å². The molecule has 0 bridgehead atoms. The standard InChI is InChI=1S/C14H17N3O4.ClH/c1-8-13(18)17-10-6-9(2-3-12(10)21-8)16-14(19)11-7-20-5-4-15-11;/h2-3,6,8,11,15H,4-5,7H2,1H3,(H,16,19)(H,17,18);1H. The van der Waals surface area contributed by atoms with Crippen molar-refractivity contribution >= 4 is 35.6 Å². The topological polar surface area (TPSA) is 88.7 Å². The van der Waals surface area contributed by atoms with E-state index in [1.807, 2.05) is 0 Å². The number of carbonyl (C=O) groups excluding carboxylic acids is 2. The molecule has 8 heteroatoms. The van der Waals surface area contributed by atoms with E-state index in [4.69, 9.17) is 9.47 Å². The van der Waals surface area contributed by atoms with Gasteiger partial charge < -0.3 is 25.4 Å². The summed E-state index contributed by atoms with van der Waals surface area (Å²) in [5.74, 6) is 0.235. The number of halogens is 1. The van der Waals surface area contributed by atoms with Gasteiger partial charge in [0.15, 0.2) is 6.10 Å². The van der Waals surface area contributed by atoms with E-state index in [-0.39, 0.29) is 30.3 Å². The van der Waals surface area contributed by atoms with Crippen molar-refractivity contribution in [2.24, 2.45) is 0 Å². The zero-order valence-electron chi connectivity index (χ0n) is 12.0. The number of carbonyl (C=O) groups is 2. The maximum absolute atomic E-state index is 12.1. The van der Waals surface area contributed by atoms with Gasteiger partial charge in [-0.15, -0.1) is 12.4 Å². The van der Waals surface area contributed by atoms with Crippen LogP contribution in [0.15, 0.2) is 18.2 Å². The van der Waals surface area contributed by atoms with Crippen molar-refractivity contribution in [2.45, 2.75) is 19.1 Å². The molecule has 1 fully saturated rings. The molecule has 0 aliphatic carbocycles. The maximum atomic E-state index is 12.1. The first-order chi connectivity index (χ1) is 10.1. The normalized spacial score (nSPS) is 23.4. The molecule has 7 nitrogen and oxygen atoms in total. The minimum absolute atomic E-state index is 0. The van der Waals surface area contributed by atoms with E-state index in [2.05, 4.69) is 16.0 Å². The lowest BCUT2D eigenvalue weighted by atomic mass is 10.2. The fraction of sp³-hybridized carbons (Fsp3) is 0.429. The Balaban J connectivity index is 0.00000176. The molecule has 0 radical (unpaired) electrons. The molecule has 2 unspecified atom stereocenters. The Morgan fingerprint density at radius 3 is 2.95 bits per heavy atom. The van der Waals surface area contributed by atoms with Crippen LogP contribution in [0.2, 0.25) is 0 Å². The molecule has 2 heterocycles. The number of amides is 2. The number of benzene rings is 1. The Morgan fingerprint density at radius 2 is 2.23 bits per heavy atom. The van der Waals surface area contributed by atoms with E-state index >= 15 is 0 Å². The van der Waals surface area contributed by atoms with E-state index in [1.54, 1.807) is 25.1 Å². The number of nitrogens with one attached hydrogen (secondary N) is 3. The van der Waals surface area contributed by atoms with Gasteiger partial charge in [-0.2, -0.15) is 0 Å². The van der Waals surface area contributed by atoms with E-state index < -0.39 is 6.10 Å². The molecule has 0 spiro atoms. The van der Waals surface area contributed by atoms with Crippen molar-refractivity contribution in [2.75, 3.05) is 30.4 Å². The molecule has 3 N–H and O–H groups in total. The van der Waals surface area contributed by atoms with E-state index in [9.17, 15) is 9.59 Å². The highest BCUT2D eigenvalue weighted by atomic mass is 35.5. The number of anilines is 2. The number of morpholine rings is 1. The summed E-state index contributed by atoms with van der Waals surface area (Å²) in [6, 6.07) is 4.79. The molecule has 2 amide bonds. The monoisotopic (exact) mass is 327 g/mol. The third-order valence-electron chi connectivity index (χ3n) is 3.42. The molecule has 0 aromatic heterocycles. The maximum Gasteiger partial charge on any atom is 0.265 e. The van der Waals surface area contributed by atoms with Crippen LogP contribution < -0.4 is 20.7 Å². The molecule has 0 saturated carbocycles. The van der Waals surface area contributed by atoms with Crippen LogP contribution in [-0.2, 0) is 14.3 Å². The van der Waals surface area contributed by atoms with Crippen molar-refractivity contribution in [3.63, 3.8) is 0 Å². The minimum Gasteiger partial charge on any atom is -0.479 e. The second-order valence-electron chi connectivity index (χ2n) is 5.03. The van der Waals surface area contributed by atoms with Gasteiger partial charge in [0.25, 0.3) is 5.91 Å². The first-order valence-corrected chi connectivity index (χ1v) is 6.87. The molecule has 2 aliphatic rings. The number of rotatable bonds is 2. The summed E-state index contributed by atoms with van der Waals surface area (Å²) < 4.78 is 10.7. The van der Waals surface area contributed by atoms with Crippen LogP contribution in [0.1, 0.15) is 6.92 Å². The number of hydrogen-bond acceptors (Lipinski definition) is 5. The quantitative estimate of drug-likeness (QED) is 0.746. The average Bonchev–Trinajstić information content (AvgIpc) is 2.49. The van der Waals surface area contributed by atoms with Gasteiger partial charge in [-0.25, -0.2) is 0 Å². The molecule has 3 rings (SSSR count). The second-order valence-corrected chi connectivity index (χ2v) is 5.03. The summed E-state index contributed by atoms with van der Waals surface area (Å²) in [5, 5.41) is 8.63. The number of ether oxygens (including phenoxy) is 2. The smallest absolute Gasteiger partial charge is 0.265 e. The summed E-state index contributed by atoms with van der Waals surface area (Å²) in [5.41, 5.74) is 1.16. The lowest BCUT2D eigenvalue weighted by Crippen LogP contribution is -2.48. The summed E-state index contributed by atoms with van der Waals surface area (Å²) in [7, 11) is 0. The summed E-state index contributed by atoms with van der Waals surface area (Å²) in [6.07, 6.45) is -0.512. The number of hydrogen-bond donors (Lipinski definition) is 3. The van der Waals surface area contributed by atoms with Gasteiger partial charge in [-0.1, -0.05) is 0 Å². The van der Waals surface area contributed by atoms with E-state index in [0.29, 0.717) is 36.9 Å². The van der Waals surface area contributed by atoms with Crippen molar-refractivity contribution in [3.05, 3.63) is 18.2 Å². The summed E-state index contributed by atoms with van der Waals surface area (Å²) in [4.78, 5) is 23.7. The lowest BCUT2D eigenvalue weighted by Gasteiger charge is -2.25. The Bertz CT molecular complexity index is 575. The molecule has 1 aromatic carbocycles. The SMILES string of the molecule is CC1Oc2ccc(NC(=O)C3COCCN3)cc2NC1=O.Cl. The highest BCUT2D eigenvalue weighted by Crippen LogP contribution is 2.32. The third kappa shape index (κ3) is 3.49. The van der Waals surface area contributed by atoms with Crippen molar-refractivity contribution in [1.82, 2.24) is 5.32 Å². The first kappa shape index (κ1) is 16.5. The van der Waals surface area contributed by atoms with Crippen LogP contribution in [-0.4, -0.2) is 43.7 Å². The Kier molecular flexibility index (Phi) is 5.23. The molecule has 1 aromatic rings. The molecule has 22 heavy (non-hydrogen) atoms. The predicted octanol–water partition coefficient (Wildman–Crippen LogP) is 0.755. The highest BCUT2D eigenvalue weighted by Gasteiger charge is 2.25. The van der Waals surface area contributed by atoms with Crippen molar-refractivity contribution in [3.8, 4) is 5.75 Å². The zero-order chi connectivity index (χ0) is 14.8. The second kappa shape index (κ2) is 6.95. The predicted molar refractivity (Wildman–Crippen MR) is 83.6 cm³/mol. The fourth-order valence-electron chi connectivity index (χ4n) is 2.25. The molecular weight excluding hydrogens is 310 g/mol. The third-order valence-corrected chi connectivity index (χ3v) is 3.42. The van der Waals surface area contributed by atoms with Gasteiger partial charge in [0.2, 0.25) is 5.91 Å². The highest BCUT2D eigenvalue weighted by molar-refractivity contribution is 6.00. The Morgan fingerprint density at radius 1 is 1.41 bits per heavy atom. The van der Waals surface area contributed by atoms with E-state index in [1.165, 1.54) is 0 Å². The fourth-order valence-corrected chi connectivity index (χ4v) is 2.25. The van der Waals surface area contributed by atoms with Gasteiger partial charge in [-0.05, 0) is 25.1 Å². The van der Waals surface area contributed by atoms with Gasteiger partial charge in [0, 0.05) is 12.2 Å². The molecule has 120 valence electrons. The lowest BCUT2D eigenvalue weighted by molar-refractivity contribution is -0.122. The van der Waals surface area contributed by atoms with Crippen LogP contribution >= 0.6 is 12.4 Å². The number of fused-ring (bicyclic) bond motifs is 1. The average molecular weight is 328 g/mol. The van der Waals surface area contributed by atoms with Gasteiger partial charge >= 0.3 is 0 Å². The minimum atomic E-state index is -0.512. The van der Waals surface area contributed by atoms with Crippen LogP contribution in [0, 0.1) is 0 Å². The Labute approximate surface area is 134 Å². The largest absolute Gasteiger partial charge is 0.479 e. The van der Waals surface area contributed by atoms with Gasteiger partial charge in [0.05, 0.1) is 18.9 Å². The van der Waals surface area contributed by atoms with Crippen LogP contribution in [0.25, 0.3) is 0 Å². The van der Waals surface area contributed by atoms with Gasteiger partial charge in [0.1, 0.15) is 11.8 Å². The molecule has 2 aliphatic heterocycles. The van der Waals surface area contributed by atoms with Crippen molar-refractivity contribution in [1.29, 1.82) is 0 Å².